The highest BCUT2D eigenvalue weighted by Gasteiger charge is 2.24. The second-order valence-electron chi connectivity index (χ2n) is 3.00. The van der Waals surface area contributed by atoms with Crippen molar-refractivity contribution in [2.24, 2.45) is 0 Å². The van der Waals surface area contributed by atoms with Gasteiger partial charge in [-0.3, -0.25) is 14.5 Å². The first kappa shape index (κ1) is 12.2. The van der Waals surface area contributed by atoms with Crippen LogP contribution in [0.2, 0.25) is 0 Å². The number of thiocarbonyl (C=S) groups is 1. The first-order chi connectivity index (χ1) is 6.99. The predicted molar refractivity (Wildman–Crippen MR) is 58.6 cm³/mol. The van der Waals surface area contributed by atoms with Gasteiger partial charge in [0.1, 0.15) is 10.9 Å². The SMILES string of the molecule is O=C(O)CN1CSC(=S)N(CC(=O)O)C1. The molecule has 1 saturated heterocycles. The second-order valence-corrected chi connectivity index (χ2v) is 4.57. The van der Waals surface area contributed by atoms with E-state index < -0.39 is 11.9 Å². The Labute approximate surface area is 95.8 Å². The maximum absolute atomic E-state index is 10.5. The Morgan fingerprint density at radius 3 is 2.47 bits per heavy atom. The maximum atomic E-state index is 10.5. The standard InChI is InChI=1S/C7H10N2O4S2/c10-5(11)1-8-3-9(2-6(12)13)7(14)15-4-8/h1-4H2,(H,10,11)(H,12,13). The molecule has 1 rings (SSSR count). The molecule has 0 radical (unpaired) electrons. The fourth-order valence-electron chi connectivity index (χ4n) is 1.14. The highest BCUT2D eigenvalue weighted by Crippen LogP contribution is 2.17. The van der Waals surface area contributed by atoms with Gasteiger partial charge in [-0.15, -0.1) is 0 Å². The Hall–Kier alpha value is -0.860. The lowest BCUT2D eigenvalue weighted by atomic mass is 10.5. The maximum Gasteiger partial charge on any atom is 0.323 e. The van der Waals surface area contributed by atoms with Gasteiger partial charge in [0, 0.05) is 0 Å². The number of carbonyl (C=O) groups is 2. The summed E-state index contributed by atoms with van der Waals surface area (Å²) in [7, 11) is 0. The summed E-state index contributed by atoms with van der Waals surface area (Å²) in [6, 6.07) is 0. The molecule has 1 aliphatic heterocycles. The third-order valence-corrected chi connectivity index (χ3v) is 3.30. The summed E-state index contributed by atoms with van der Waals surface area (Å²) >= 11 is 6.24. The van der Waals surface area contributed by atoms with E-state index in [-0.39, 0.29) is 19.8 Å². The lowest BCUT2D eigenvalue weighted by Gasteiger charge is -2.34. The van der Waals surface area contributed by atoms with Crippen molar-refractivity contribution >= 4 is 40.2 Å². The molecule has 0 aliphatic carbocycles. The van der Waals surface area contributed by atoms with E-state index in [0.29, 0.717) is 10.2 Å². The lowest BCUT2D eigenvalue weighted by molar-refractivity contribution is -0.138. The van der Waals surface area contributed by atoms with E-state index in [9.17, 15) is 9.59 Å². The van der Waals surface area contributed by atoms with Crippen molar-refractivity contribution in [3.05, 3.63) is 0 Å². The number of thioether (sulfide) groups is 1. The molecule has 0 aromatic carbocycles. The number of carboxylic acids is 2. The molecule has 0 aromatic heterocycles. The average molecular weight is 250 g/mol. The Morgan fingerprint density at radius 2 is 1.93 bits per heavy atom. The van der Waals surface area contributed by atoms with Crippen LogP contribution in [-0.4, -0.2) is 61.9 Å². The van der Waals surface area contributed by atoms with E-state index in [4.69, 9.17) is 22.4 Å². The quantitative estimate of drug-likeness (QED) is 0.659. The van der Waals surface area contributed by atoms with Crippen molar-refractivity contribution in [3.8, 4) is 0 Å². The largest absolute Gasteiger partial charge is 0.480 e. The molecule has 0 aromatic rings. The number of rotatable bonds is 4. The Bertz CT molecular complexity index is 297. The number of aliphatic carboxylic acids is 2. The number of carboxylic acid groups (broad SMARTS) is 2. The topological polar surface area (TPSA) is 81.1 Å². The van der Waals surface area contributed by atoms with E-state index >= 15 is 0 Å². The van der Waals surface area contributed by atoms with E-state index in [1.165, 1.54) is 16.7 Å². The van der Waals surface area contributed by atoms with Gasteiger partial charge in [0.2, 0.25) is 0 Å². The van der Waals surface area contributed by atoms with Crippen LogP contribution in [0.25, 0.3) is 0 Å². The molecular formula is C7H10N2O4S2. The number of hydrogen-bond donors (Lipinski definition) is 2. The van der Waals surface area contributed by atoms with Crippen LogP contribution in [0.5, 0.6) is 0 Å². The number of hydrogen-bond acceptors (Lipinski definition) is 5. The lowest BCUT2D eigenvalue weighted by Crippen LogP contribution is -2.48. The number of nitrogens with zero attached hydrogens (tertiary/aromatic N) is 2. The molecule has 1 heterocycles. The minimum atomic E-state index is -0.977. The van der Waals surface area contributed by atoms with E-state index in [2.05, 4.69) is 0 Å². The van der Waals surface area contributed by atoms with Crippen molar-refractivity contribution in [2.45, 2.75) is 0 Å². The van der Waals surface area contributed by atoms with Crippen LogP contribution in [-0.2, 0) is 9.59 Å². The highest BCUT2D eigenvalue weighted by molar-refractivity contribution is 8.22. The van der Waals surface area contributed by atoms with Gasteiger partial charge in [-0.2, -0.15) is 0 Å². The average Bonchev–Trinajstić information content (AvgIpc) is 2.09. The molecule has 1 fully saturated rings. The molecule has 0 saturated carbocycles. The Kier molecular flexibility index (Phi) is 4.30. The monoisotopic (exact) mass is 250 g/mol. The van der Waals surface area contributed by atoms with Crippen molar-refractivity contribution in [1.82, 2.24) is 9.80 Å². The van der Waals surface area contributed by atoms with Crippen molar-refractivity contribution in [1.29, 1.82) is 0 Å². The summed E-state index contributed by atoms with van der Waals surface area (Å²) in [4.78, 5) is 24.0. The molecule has 15 heavy (non-hydrogen) atoms. The van der Waals surface area contributed by atoms with Gasteiger partial charge in [-0.1, -0.05) is 24.0 Å². The van der Waals surface area contributed by atoms with Gasteiger partial charge < -0.3 is 15.1 Å². The van der Waals surface area contributed by atoms with Crippen LogP contribution < -0.4 is 0 Å². The molecule has 84 valence electrons. The summed E-state index contributed by atoms with van der Waals surface area (Å²) in [6.45, 7) is -0.0435. The Balaban J connectivity index is 2.51. The molecule has 1 aliphatic rings. The Morgan fingerprint density at radius 1 is 1.33 bits per heavy atom. The van der Waals surface area contributed by atoms with Gasteiger partial charge >= 0.3 is 11.9 Å². The smallest absolute Gasteiger partial charge is 0.323 e. The van der Waals surface area contributed by atoms with E-state index in [1.807, 2.05) is 0 Å². The van der Waals surface area contributed by atoms with Crippen molar-refractivity contribution in [2.75, 3.05) is 25.6 Å². The molecule has 0 bridgehead atoms. The van der Waals surface area contributed by atoms with Gasteiger partial charge in [0.25, 0.3) is 0 Å². The normalized spacial score (nSPS) is 17.9. The van der Waals surface area contributed by atoms with E-state index in [1.54, 1.807) is 4.90 Å². The third-order valence-electron chi connectivity index (χ3n) is 1.68. The summed E-state index contributed by atoms with van der Waals surface area (Å²) in [5.41, 5.74) is 0. The molecule has 0 spiro atoms. The third kappa shape index (κ3) is 4.02. The summed E-state index contributed by atoms with van der Waals surface area (Å²) in [5, 5.41) is 17.2. The van der Waals surface area contributed by atoms with Crippen molar-refractivity contribution < 1.29 is 19.8 Å². The van der Waals surface area contributed by atoms with Crippen LogP contribution in [0, 0.1) is 0 Å². The van der Waals surface area contributed by atoms with Gasteiger partial charge in [0.15, 0.2) is 0 Å². The summed E-state index contributed by atoms with van der Waals surface area (Å²) in [6.07, 6.45) is 0. The van der Waals surface area contributed by atoms with E-state index in [0.717, 1.165) is 0 Å². The van der Waals surface area contributed by atoms with Crippen LogP contribution in [0.15, 0.2) is 0 Å². The van der Waals surface area contributed by atoms with Crippen molar-refractivity contribution in [3.63, 3.8) is 0 Å². The van der Waals surface area contributed by atoms with Crippen LogP contribution >= 0.6 is 24.0 Å². The summed E-state index contributed by atoms with van der Waals surface area (Å²) in [5.74, 6) is -1.42. The molecule has 0 atom stereocenters. The minimum Gasteiger partial charge on any atom is -0.480 e. The zero-order valence-corrected chi connectivity index (χ0v) is 9.38. The van der Waals surface area contributed by atoms with Crippen LogP contribution in [0.1, 0.15) is 0 Å². The van der Waals surface area contributed by atoms with Gasteiger partial charge in [0.05, 0.1) is 19.1 Å². The van der Waals surface area contributed by atoms with Gasteiger partial charge in [-0.05, 0) is 0 Å². The molecule has 6 nitrogen and oxygen atoms in total. The molecular weight excluding hydrogens is 240 g/mol. The molecule has 2 N–H and O–H groups in total. The zero-order valence-electron chi connectivity index (χ0n) is 7.75. The van der Waals surface area contributed by atoms with Crippen LogP contribution in [0.4, 0.5) is 0 Å². The predicted octanol–water partition coefficient (Wildman–Crippen LogP) is -0.294. The fraction of sp³-hybridized carbons (Fsp3) is 0.571. The highest BCUT2D eigenvalue weighted by atomic mass is 32.2. The zero-order chi connectivity index (χ0) is 11.4. The first-order valence-corrected chi connectivity index (χ1v) is 5.46. The van der Waals surface area contributed by atoms with Gasteiger partial charge in [-0.25, -0.2) is 0 Å². The molecule has 8 heteroatoms. The van der Waals surface area contributed by atoms with Crippen LogP contribution in [0.3, 0.4) is 0 Å². The first-order valence-electron chi connectivity index (χ1n) is 4.06. The molecule has 0 unspecified atom stereocenters. The second kappa shape index (κ2) is 5.29. The molecule has 0 amide bonds. The minimum absolute atomic E-state index is 0.105. The fourth-order valence-corrected chi connectivity index (χ4v) is 2.19. The summed E-state index contributed by atoms with van der Waals surface area (Å²) < 4.78 is 0.499.